The lowest BCUT2D eigenvalue weighted by molar-refractivity contribution is 0.265. The molecule has 4 heteroatoms. The molecule has 1 aromatic rings. The molecule has 0 saturated carbocycles. The lowest BCUT2D eigenvalue weighted by Gasteiger charge is -2.23. The van der Waals surface area contributed by atoms with Crippen LogP contribution in [0, 0.1) is 18.6 Å². The highest BCUT2D eigenvalue weighted by molar-refractivity contribution is 5.33. The summed E-state index contributed by atoms with van der Waals surface area (Å²) in [6.45, 7) is 3.31. The molecule has 0 spiro atoms. The Balaban J connectivity index is 1.84. The highest BCUT2D eigenvalue weighted by Gasteiger charge is 2.13. The van der Waals surface area contributed by atoms with E-state index in [0.29, 0.717) is 24.0 Å². The molecular weight excluding hydrogens is 236 g/mol. The smallest absolute Gasteiger partial charge is 0.162 e. The first-order chi connectivity index (χ1) is 8.66. The average Bonchev–Trinajstić information content (AvgIpc) is 2.37. The minimum Gasteiger partial charge on any atom is -0.493 e. The van der Waals surface area contributed by atoms with Crippen molar-refractivity contribution in [3.8, 4) is 5.75 Å². The molecule has 1 saturated heterocycles. The maximum atomic E-state index is 13.1. The monoisotopic (exact) mass is 255 g/mol. The molecule has 1 aliphatic heterocycles. The van der Waals surface area contributed by atoms with Crippen molar-refractivity contribution in [2.75, 3.05) is 13.2 Å². The third-order valence-corrected chi connectivity index (χ3v) is 3.35. The molecule has 0 bridgehead atoms. The first-order valence-corrected chi connectivity index (χ1v) is 6.48. The van der Waals surface area contributed by atoms with Crippen LogP contribution in [0.4, 0.5) is 8.78 Å². The van der Waals surface area contributed by atoms with Crippen molar-refractivity contribution in [1.29, 1.82) is 0 Å². The topological polar surface area (TPSA) is 21.3 Å². The Morgan fingerprint density at radius 1 is 1.28 bits per heavy atom. The van der Waals surface area contributed by atoms with Crippen molar-refractivity contribution in [2.24, 2.45) is 0 Å². The van der Waals surface area contributed by atoms with Crippen molar-refractivity contribution < 1.29 is 13.5 Å². The molecule has 18 heavy (non-hydrogen) atoms. The third kappa shape index (κ3) is 3.42. The van der Waals surface area contributed by atoms with E-state index >= 15 is 0 Å². The van der Waals surface area contributed by atoms with Gasteiger partial charge in [-0.25, -0.2) is 8.78 Å². The molecule has 0 amide bonds. The van der Waals surface area contributed by atoms with Crippen molar-refractivity contribution in [1.82, 2.24) is 5.32 Å². The summed E-state index contributed by atoms with van der Waals surface area (Å²) in [5.74, 6) is -1.25. The van der Waals surface area contributed by atoms with Gasteiger partial charge in [0.15, 0.2) is 11.6 Å². The molecule has 0 aliphatic carbocycles. The van der Waals surface area contributed by atoms with Gasteiger partial charge in [0.05, 0.1) is 6.61 Å². The molecule has 2 rings (SSSR count). The summed E-state index contributed by atoms with van der Waals surface area (Å²) in [4.78, 5) is 0. The molecule has 1 N–H and O–H groups in total. The van der Waals surface area contributed by atoms with E-state index in [-0.39, 0.29) is 0 Å². The Labute approximate surface area is 106 Å². The van der Waals surface area contributed by atoms with Crippen molar-refractivity contribution >= 4 is 0 Å². The van der Waals surface area contributed by atoms with Gasteiger partial charge in [-0.3, -0.25) is 0 Å². The second-order valence-electron chi connectivity index (χ2n) is 4.82. The van der Waals surface area contributed by atoms with Crippen LogP contribution in [-0.2, 0) is 0 Å². The molecule has 1 aliphatic rings. The Morgan fingerprint density at radius 3 is 2.78 bits per heavy atom. The van der Waals surface area contributed by atoms with Crippen LogP contribution in [0.5, 0.6) is 5.75 Å². The number of benzene rings is 1. The molecule has 0 radical (unpaired) electrons. The Hall–Kier alpha value is -1.16. The van der Waals surface area contributed by atoms with Gasteiger partial charge < -0.3 is 10.1 Å². The molecule has 100 valence electrons. The Morgan fingerprint density at radius 2 is 2.06 bits per heavy atom. The number of piperidine rings is 1. The van der Waals surface area contributed by atoms with Gasteiger partial charge in [0, 0.05) is 12.1 Å². The molecule has 2 nitrogen and oxygen atoms in total. The quantitative estimate of drug-likeness (QED) is 0.892. The summed E-state index contributed by atoms with van der Waals surface area (Å²) in [5.41, 5.74) is 0.630. The Kier molecular flexibility index (Phi) is 4.53. The van der Waals surface area contributed by atoms with Gasteiger partial charge >= 0.3 is 0 Å². The van der Waals surface area contributed by atoms with Crippen LogP contribution < -0.4 is 10.1 Å². The predicted molar refractivity (Wildman–Crippen MR) is 66.8 cm³/mol. The lowest BCUT2D eigenvalue weighted by Crippen LogP contribution is -2.35. The van der Waals surface area contributed by atoms with E-state index in [9.17, 15) is 8.78 Å². The summed E-state index contributed by atoms with van der Waals surface area (Å²) in [6.07, 6.45) is 4.56. The fourth-order valence-electron chi connectivity index (χ4n) is 2.27. The van der Waals surface area contributed by atoms with Gasteiger partial charge in [-0.1, -0.05) is 6.42 Å². The number of nitrogens with one attached hydrogen (secondary N) is 1. The van der Waals surface area contributed by atoms with Gasteiger partial charge in [-0.15, -0.1) is 0 Å². The average molecular weight is 255 g/mol. The first kappa shape index (κ1) is 13.3. The van der Waals surface area contributed by atoms with E-state index in [1.165, 1.54) is 25.3 Å². The van der Waals surface area contributed by atoms with Gasteiger partial charge in [0.2, 0.25) is 0 Å². The van der Waals surface area contributed by atoms with Crippen LogP contribution in [-0.4, -0.2) is 19.2 Å². The van der Waals surface area contributed by atoms with Crippen LogP contribution in [0.2, 0.25) is 0 Å². The Bertz CT molecular complexity index is 403. The summed E-state index contributed by atoms with van der Waals surface area (Å²) in [7, 11) is 0. The minimum absolute atomic E-state index is 0.435. The van der Waals surface area contributed by atoms with E-state index in [0.717, 1.165) is 19.0 Å². The molecule has 1 fully saturated rings. The number of rotatable bonds is 4. The maximum Gasteiger partial charge on any atom is 0.162 e. The third-order valence-electron chi connectivity index (χ3n) is 3.35. The summed E-state index contributed by atoms with van der Waals surface area (Å²) in [5, 5.41) is 3.43. The van der Waals surface area contributed by atoms with Gasteiger partial charge in [0.25, 0.3) is 0 Å². The van der Waals surface area contributed by atoms with Gasteiger partial charge in [0.1, 0.15) is 5.75 Å². The van der Waals surface area contributed by atoms with Crippen LogP contribution in [0.3, 0.4) is 0 Å². The van der Waals surface area contributed by atoms with E-state index < -0.39 is 11.6 Å². The van der Waals surface area contributed by atoms with E-state index in [1.54, 1.807) is 6.92 Å². The van der Waals surface area contributed by atoms with E-state index in [2.05, 4.69) is 5.32 Å². The summed E-state index contributed by atoms with van der Waals surface area (Å²) < 4.78 is 31.5. The zero-order chi connectivity index (χ0) is 13.0. The molecule has 1 heterocycles. The standard InChI is InChI=1S/C14H19F2NO/c1-10-8-12(15)13(16)9-14(10)18-7-5-11-4-2-3-6-17-11/h8-9,11,17H,2-7H2,1H3. The number of ether oxygens (including phenoxy) is 1. The largest absolute Gasteiger partial charge is 0.493 e. The van der Waals surface area contributed by atoms with Crippen molar-refractivity contribution in [3.05, 3.63) is 29.3 Å². The number of hydrogen-bond acceptors (Lipinski definition) is 2. The SMILES string of the molecule is Cc1cc(F)c(F)cc1OCCC1CCCCN1. The van der Waals surface area contributed by atoms with Crippen LogP contribution in [0.15, 0.2) is 12.1 Å². The second-order valence-corrected chi connectivity index (χ2v) is 4.82. The summed E-state index contributed by atoms with van der Waals surface area (Å²) >= 11 is 0. The van der Waals surface area contributed by atoms with Crippen molar-refractivity contribution in [2.45, 2.75) is 38.6 Å². The molecular formula is C14H19F2NO. The second kappa shape index (κ2) is 6.14. The van der Waals surface area contributed by atoms with Crippen molar-refractivity contribution in [3.63, 3.8) is 0 Å². The normalized spacial score (nSPS) is 19.8. The van der Waals surface area contributed by atoms with E-state index in [4.69, 9.17) is 4.74 Å². The fraction of sp³-hybridized carbons (Fsp3) is 0.571. The minimum atomic E-state index is -0.855. The van der Waals surface area contributed by atoms with Crippen LogP contribution in [0.25, 0.3) is 0 Å². The van der Waals surface area contributed by atoms with Crippen LogP contribution >= 0.6 is 0 Å². The number of halogens is 2. The number of hydrogen-bond donors (Lipinski definition) is 1. The maximum absolute atomic E-state index is 13.1. The fourth-order valence-corrected chi connectivity index (χ4v) is 2.27. The highest BCUT2D eigenvalue weighted by Crippen LogP contribution is 2.22. The molecule has 0 aromatic heterocycles. The zero-order valence-electron chi connectivity index (χ0n) is 10.6. The van der Waals surface area contributed by atoms with E-state index in [1.807, 2.05) is 0 Å². The van der Waals surface area contributed by atoms with Gasteiger partial charge in [-0.05, 0) is 44.4 Å². The number of aryl methyl sites for hydroxylation is 1. The molecule has 1 atom stereocenters. The first-order valence-electron chi connectivity index (χ1n) is 6.48. The van der Waals surface area contributed by atoms with Crippen LogP contribution in [0.1, 0.15) is 31.2 Å². The molecule has 1 unspecified atom stereocenters. The molecule has 1 aromatic carbocycles. The lowest BCUT2D eigenvalue weighted by atomic mass is 10.0. The van der Waals surface area contributed by atoms with Gasteiger partial charge in [-0.2, -0.15) is 0 Å². The highest BCUT2D eigenvalue weighted by atomic mass is 19.2. The summed E-state index contributed by atoms with van der Waals surface area (Å²) in [6, 6.07) is 2.78. The zero-order valence-corrected chi connectivity index (χ0v) is 10.6. The predicted octanol–water partition coefficient (Wildman–Crippen LogP) is 3.18.